The molecule has 0 fully saturated rings. The molecule has 10 aromatic carbocycles. The molecule has 0 atom stereocenters. The number of nitrogens with zero attached hydrogens (tertiary/aromatic N) is 2. The van der Waals surface area contributed by atoms with Gasteiger partial charge in [-0.05, 0) is 107 Å². The van der Waals surface area contributed by atoms with Crippen LogP contribution in [0.1, 0.15) is 0 Å². The lowest BCUT2D eigenvalue weighted by atomic mass is 9.97. The molecule has 0 N–H and O–H groups in total. The van der Waals surface area contributed by atoms with Gasteiger partial charge in [-0.25, -0.2) is 0 Å². The fourth-order valence-corrected chi connectivity index (χ4v) is 9.44. The third-order valence-corrected chi connectivity index (χ3v) is 12.2. The minimum atomic E-state index is 0.828. The van der Waals surface area contributed by atoms with E-state index in [4.69, 9.17) is 13.3 Å². The first-order valence-corrected chi connectivity index (χ1v) is 20.6. The van der Waals surface area contributed by atoms with Gasteiger partial charge >= 0.3 is 0 Å². The highest BCUT2D eigenvalue weighted by molar-refractivity contribution is 6.27. The third-order valence-electron chi connectivity index (χ3n) is 12.2. The highest BCUT2D eigenvalue weighted by atomic mass is 16.3. The van der Waals surface area contributed by atoms with Crippen LogP contribution in [0.25, 0.3) is 87.4 Å². The maximum atomic E-state index is 6.76. The van der Waals surface area contributed by atoms with Crippen molar-refractivity contribution in [2.45, 2.75) is 0 Å². The second kappa shape index (κ2) is 13.1. The Morgan fingerprint density at radius 1 is 0.230 bits per heavy atom. The monoisotopic (exact) mass is 782 g/mol. The molecule has 3 heterocycles. The van der Waals surface area contributed by atoms with E-state index in [1.54, 1.807) is 0 Å². The van der Waals surface area contributed by atoms with Gasteiger partial charge in [0.15, 0.2) is 0 Å². The Balaban J connectivity index is 1.02. The molecule has 0 aliphatic heterocycles. The number of anilines is 6. The summed E-state index contributed by atoms with van der Waals surface area (Å²) in [6.45, 7) is 0. The van der Waals surface area contributed by atoms with Crippen molar-refractivity contribution in [3.63, 3.8) is 0 Å². The first kappa shape index (κ1) is 33.7. The highest BCUT2D eigenvalue weighted by Gasteiger charge is 2.22. The van der Waals surface area contributed by atoms with E-state index in [0.29, 0.717) is 0 Å². The fourth-order valence-electron chi connectivity index (χ4n) is 9.44. The standard InChI is InChI=1S/C56H34N2O3/c1-2-12-37(13-3-1)57(41-24-27-46-44-17-6-8-19-49(44)60-53(46)33-41)38-14-10-15-39(31-38)58(40-26-30-51-48(32-40)45-18-7-9-20-50(45)59-51)42-25-28-47-54(34-42)61-52-29-23-36-22-21-35-11-4-5-16-43(35)55(36)56(47)52/h1-34H. The summed E-state index contributed by atoms with van der Waals surface area (Å²) in [5.41, 5.74) is 11.1. The molecule has 5 heteroatoms. The summed E-state index contributed by atoms with van der Waals surface area (Å²) in [6, 6.07) is 72.6. The van der Waals surface area contributed by atoms with Crippen LogP contribution in [0.4, 0.5) is 34.1 Å². The molecule has 0 radical (unpaired) electrons. The van der Waals surface area contributed by atoms with Gasteiger partial charge in [-0.1, -0.05) is 103 Å². The molecule has 13 rings (SSSR count). The van der Waals surface area contributed by atoms with Gasteiger partial charge in [0.05, 0.1) is 0 Å². The molecule has 61 heavy (non-hydrogen) atoms. The molecule has 286 valence electrons. The summed E-state index contributed by atoms with van der Waals surface area (Å²) >= 11 is 0. The van der Waals surface area contributed by atoms with Crippen LogP contribution < -0.4 is 9.80 Å². The first-order chi connectivity index (χ1) is 30.2. The molecule has 0 aliphatic carbocycles. The maximum Gasteiger partial charge on any atom is 0.137 e. The molecule has 5 nitrogen and oxygen atoms in total. The number of hydrogen-bond donors (Lipinski definition) is 0. The van der Waals surface area contributed by atoms with E-state index in [1.165, 1.54) is 21.5 Å². The van der Waals surface area contributed by atoms with Crippen molar-refractivity contribution in [1.29, 1.82) is 0 Å². The van der Waals surface area contributed by atoms with Crippen molar-refractivity contribution >= 4 is 121 Å². The summed E-state index contributed by atoms with van der Waals surface area (Å²) in [5, 5.41) is 11.4. The van der Waals surface area contributed by atoms with Crippen molar-refractivity contribution in [2.24, 2.45) is 0 Å². The molecule has 0 amide bonds. The predicted octanol–water partition coefficient (Wildman–Crippen LogP) is 16.6. The van der Waals surface area contributed by atoms with E-state index >= 15 is 0 Å². The SMILES string of the molecule is c1ccc(N(c2cccc(N(c3ccc4c(c3)oc3ccc5ccc6ccccc6c5c34)c3ccc4oc5ccccc5c4c3)c2)c2ccc3c(c2)oc2ccccc23)cc1. The topological polar surface area (TPSA) is 45.9 Å². The van der Waals surface area contributed by atoms with Gasteiger partial charge in [0.2, 0.25) is 0 Å². The lowest BCUT2D eigenvalue weighted by Gasteiger charge is -2.29. The minimum Gasteiger partial charge on any atom is -0.456 e. The Bertz CT molecular complexity index is 3860. The van der Waals surface area contributed by atoms with Crippen LogP contribution in [0.2, 0.25) is 0 Å². The Hall–Kier alpha value is -8.28. The van der Waals surface area contributed by atoms with Crippen molar-refractivity contribution in [3.8, 4) is 0 Å². The Kier molecular flexibility index (Phi) is 7.24. The first-order valence-electron chi connectivity index (χ1n) is 20.6. The lowest BCUT2D eigenvalue weighted by molar-refractivity contribution is 0.668. The molecular weight excluding hydrogens is 749 g/mol. The summed E-state index contributed by atoms with van der Waals surface area (Å²) in [7, 11) is 0. The number of hydrogen-bond acceptors (Lipinski definition) is 5. The van der Waals surface area contributed by atoms with E-state index in [-0.39, 0.29) is 0 Å². The van der Waals surface area contributed by atoms with Crippen LogP contribution in [0.5, 0.6) is 0 Å². The van der Waals surface area contributed by atoms with Gasteiger partial charge in [0, 0.05) is 84.0 Å². The van der Waals surface area contributed by atoms with Crippen molar-refractivity contribution < 1.29 is 13.3 Å². The van der Waals surface area contributed by atoms with Crippen LogP contribution in [0, 0.1) is 0 Å². The largest absolute Gasteiger partial charge is 0.456 e. The van der Waals surface area contributed by atoms with Crippen LogP contribution in [0.15, 0.2) is 220 Å². The molecule has 0 saturated heterocycles. The van der Waals surface area contributed by atoms with Crippen LogP contribution in [-0.2, 0) is 0 Å². The molecular formula is C56H34N2O3. The zero-order chi connectivity index (χ0) is 40.0. The number of fused-ring (bicyclic) bond motifs is 13. The number of furan rings is 3. The molecule has 0 aliphatic rings. The zero-order valence-corrected chi connectivity index (χ0v) is 32.7. The van der Waals surface area contributed by atoms with Gasteiger partial charge in [0.25, 0.3) is 0 Å². The summed E-state index contributed by atoms with van der Waals surface area (Å²) in [6.07, 6.45) is 0. The van der Waals surface area contributed by atoms with Gasteiger partial charge in [-0.15, -0.1) is 0 Å². The average molecular weight is 783 g/mol. The molecule has 3 aromatic heterocycles. The zero-order valence-electron chi connectivity index (χ0n) is 32.7. The van der Waals surface area contributed by atoms with Gasteiger partial charge < -0.3 is 23.1 Å². The average Bonchev–Trinajstić information content (AvgIpc) is 4.00. The molecule has 13 aromatic rings. The number of para-hydroxylation sites is 3. The van der Waals surface area contributed by atoms with E-state index in [0.717, 1.165) is 99.9 Å². The van der Waals surface area contributed by atoms with Gasteiger partial charge in [0.1, 0.15) is 33.5 Å². The van der Waals surface area contributed by atoms with E-state index < -0.39 is 0 Å². The van der Waals surface area contributed by atoms with Crippen molar-refractivity contribution in [1.82, 2.24) is 0 Å². The summed E-state index contributed by atoms with van der Waals surface area (Å²) in [5.74, 6) is 0. The maximum absolute atomic E-state index is 6.76. The normalized spacial score (nSPS) is 11.9. The van der Waals surface area contributed by atoms with Crippen LogP contribution in [-0.4, -0.2) is 0 Å². The Morgan fingerprint density at radius 3 is 1.49 bits per heavy atom. The number of benzene rings is 10. The molecule has 0 saturated carbocycles. The molecule has 0 spiro atoms. The smallest absolute Gasteiger partial charge is 0.137 e. The number of rotatable bonds is 6. The Labute approximate surface area is 349 Å². The highest BCUT2D eigenvalue weighted by Crippen LogP contribution is 2.45. The Morgan fingerprint density at radius 2 is 0.705 bits per heavy atom. The van der Waals surface area contributed by atoms with E-state index in [9.17, 15) is 0 Å². The molecule has 0 unspecified atom stereocenters. The quantitative estimate of drug-likeness (QED) is 0.157. The van der Waals surface area contributed by atoms with E-state index in [2.05, 4.69) is 192 Å². The van der Waals surface area contributed by atoms with Crippen LogP contribution >= 0.6 is 0 Å². The second-order valence-corrected chi connectivity index (χ2v) is 15.7. The van der Waals surface area contributed by atoms with E-state index in [1.807, 2.05) is 24.3 Å². The minimum absolute atomic E-state index is 0.828. The van der Waals surface area contributed by atoms with Crippen molar-refractivity contribution in [3.05, 3.63) is 206 Å². The third kappa shape index (κ3) is 5.27. The molecule has 0 bridgehead atoms. The fraction of sp³-hybridized carbons (Fsp3) is 0. The van der Waals surface area contributed by atoms with Gasteiger partial charge in [-0.2, -0.15) is 0 Å². The predicted molar refractivity (Wildman–Crippen MR) is 253 cm³/mol. The van der Waals surface area contributed by atoms with Gasteiger partial charge in [-0.3, -0.25) is 0 Å². The lowest BCUT2D eigenvalue weighted by Crippen LogP contribution is -2.13. The summed E-state index contributed by atoms with van der Waals surface area (Å²) < 4.78 is 19.5. The second-order valence-electron chi connectivity index (χ2n) is 15.7. The summed E-state index contributed by atoms with van der Waals surface area (Å²) in [4.78, 5) is 4.61. The van der Waals surface area contributed by atoms with Crippen molar-refractivity contribution in [2.75, 3.05) is 9.80 Å². The van der Waals surface area contributed by atoms with Crippen LogP contribution in [0.3, 0.4) is 0 Å².